The first-order valence-electron chi connectivity index (χ1n) is 7.65. The molecule has 0 saturated heterocycles. The van der Waals surface area contributed by atoms with Crippen molar-refractivity contribution in [1.29, 1.82) is 0 Å². The predicted octanol–water partition coefficient (Wildman–Crippen LogP) is 4.44. The number of aromatic nitrogens is 1. The van der Waals surface area contributed by atoms with Crippen LogP contribution in [0.1, 0.15) is 32.8 Å². The van der Waals surface area contributed by atoms with Crippen LogP contribution in [-0.4, -0.2) is 16.2 Å². The van der Waals surface area contributed by atoms with Gasteiger partial charge in [0.1, 0.15) is 23.4 Å². The van der Waals surface area contributed by atoms with Crippen LogP contribution in [-0.2, 0) is 0 Å². The fourth-order valence-corrected chi connectivity index (χ4v) is 2.01. The lowest BCUT2D eigenvalue weighted by Crippen LogP contribution is -2.32. The third-order valence-corrected chi connectivity index (χ3v) is 3.96. The normalized spacial score (nSPS) is 13.7. The van der Waals surface area contributed by atoms with E-state index in [-0.39, 0.29) is 11.2 Å². The van der Waals surface area contributed by atoms with Crippen molar-refractivity contribution >= 4 is 6.08 Å². The molecule has 0 aliphatic rings. The van der Waals surface area contributed by atoms with E-state index in [1.807, 2.05) is 32.9 Å². The minimum absolute atomic E-state index is 0.329. The van der Waals surface area contributed by atoms with Crippen LogP contribution < -0.4 is 4.74 Å². The van der Waals surface area contributed by atoms with Crippen LogP contribution in [0, 0.1) is 11.2 Å². The lowest BCUT2D eigenvalue weighted by Gasteiger charge is -2.30. The Bertz CT molecular complexity index is 651. The van der Waals surface area contributed by atoms with Gasteiger partial charge in [0.05, 0.1) is 0 Å². The summed E-state index contributed by atoms with van der Waals surface area (Å²) in [4.78, 5) is 4.07. The molecule has 3 nitrogen and oxygen atoms in total. The van der Waals surface area contributed by atoms with E-state index in [0.29, 0.717) is 11.5 Å². The molecule has 122 valence electrons. The van der Waals surface area contributed by atoms with Crippen molar-refractivity contribution in [2.45, 2.75) is 33.3 Å². The van der Waals surface area contributed by atoms with Crippen molar-refractivity contribution < 1.29 is 14.2 Å². The fourth-order valence-electron chi connectivity index (χ4n) is 2.01. The van der Waals surface area contributed by atoms with Crippen LogP contribution >= 0.6 is 0 Å². The summed E-state index contributed by atoms with van der Waals surface area (Å²) < 4.78 is 18.9. The molecular formula is C19H22FNO2. The van der Waals surface area contributed by atoms with E-state index in [9.17, 15) is 9.50 Å². The second-order valence-electron chi connectivity index (χ2n) is 6.13. The largest absolute Gasteiger partial charge is 0.459 e. The number of aliphatic hydroxyl groups excluding tert-OH is 1. The van der Waals surface area contributed by atoms with Crippen LogP contribution in [0.4, 0.5) is 4.39 Å². The van der Waals surface area contributed by atoms with Crippen molar-refractivity contribution in [2.75, 3.05) is 0 Å². The Morgan fingerprint density at radius 2 is 2.00 bits per heavy atom. The number of ether oxygens (including phenoxy) is 1. The first-order chi connectivity index (χ1) is 10.9. The molecule has 0 bridgehead atoms. The van der Waals surface area contributed by atoms with E-state index in [1.165, 1.54) is 24.3 Å². The maximum atomic E-state index is 13.0. The van der Waals surface area contributed by atoms with Gasteiger partial charge < -0.3 is 9.84 Å². The Morgan fingerprint density at radius 1 is 1.30 bits per heavy atom. The van der Waals surface area contributed by atoms with Crippen molar-refractivity contribution in [3.63, 3.8) is 0 Å². The number of hydrogen-bond donors (Lipinski definition) is 1. The quantitative estimate of drug-likeness (QED) is 0.801. The van der Waals surface area contributed by atoms with Gasteiger partial charge in [0.2, 0.25) is 0 Å². The van der Waals surface area contributed by atoms with Gasteiger partial charge in [-0.1, -0.05) is 26.8 Å². The summed E-state index contributed by atoms with van der Waals surface area (Å²) in [6.45, 7) is 5.97. The van der Waals surface area contributed by atoms with Crippen LogP contribution in [0.25, 0.3) is 6.08 Å². The molecule has 1 heterocycles. The first-order valence-corrected chi connectivity index (χ1v) is 7.65. The molecule has 1 N–H and O–H groups in total. The van der Waals surface area contributed by atoms with Gasteiger partial charge in [0.15, 0.2) is 0 Å². The molecule has 1 unspecified atom stereocenters. The average Bonchev–Trinajstić information content (AvgIpc) is 2.56. The summed E-state index contributed by atoms with van der Waals surface area (Å²) in [5.74, 6) is 0.563. The lowest BCUT2D eigenvalue weighted by atomic mass is 9.82. The molecule has 0 aliphatic heterocycles. The number of benzene rings is 1. The summed E-state index contributed by atoms with van der Waals surface area (Å²) >= 11 is 0. The van der Waals surface area contributed by atoms with Gasteiger partial charge in [-0.2, -0.15) is 0 Å². The Balaban J connectivity index is 2.35. The molecule has 0 amide bonds. The van der Waals surface area contributed by atoms with Crippen LogP contribution in [0.2, 0.25) is 0 Å². The SMILES string of the molecule is CCC(C)(C)C(O)/C(=C\c1cccnc1)Oc1ccc(F)cc1. The highest BCUT2D eigenvalue weighted by Gasteiger charge is 2.30. The van der Waals surface area contributed by atoms with Gasteiger partial charge in [-0.3, -0.25) is 4.98 Å². The van der Waals surface area contributed by atoms with Crippen LogP contribution in [0.15, 0.2) is 54.6 Å². The maximum absolute atomic E-state index is 13.0. The molecule has 4 heteroatoms. The predicted molar refractivity (Wildman–Crippen MR) is 89.3 cm³/mol. The molecule has 1 aromatic heterocycles. The average molecular weight is 315 g/mol. The van der Waals surface area contributed by atoms with Gasteiger partial charge in [0.25, 0.3) is 0 Å². The molecule has 0 spiro atoms. The molecule has 23 heavy (non-hydrogen) atoms. The summed E-state index contributed by atoms with van der Waals surface area (Å²) in [7, 11) is 0. The zero-order chi connectivity index (χ0) is 16.9. The molecule has 2 aromatic rings. The summed E-state index contributed by atoms with van der Waals surface area (Å²) in [6.07, 6.45) is 5.13. The van der Waals surface area contributed by atoms with Gasteiger partial charge in [0, 0.05) is 12.4 Å². The number of pyridine rings is 1. The molecule has 0 saturated carbocycles. The van der Waals surface area contributed by atoms with E-state index >= 15 is 0 Å². The molecule has 0 fully saturated rings. The number of aliphatic hydroxyl groups is 1. The minimum Gasteiger partial charge on any atom is -0.459 e. The van der Waals surface area contributed by atoms with Gasteiger partial charge in [-0.25, -0.2) is 4.39 Å². The van der Waals surface area contributed by atoms with Gasteiger partial charge in [-0.15, -0.1) is 0 Å². The third-order valence-electron chi connectivity index (χ3n) is 3.96. The zero-order valence-corrected chi connectivity index (χ0v) is 13.7. The molecule has 0 aliphatic carbocycles. The smallest absolute Gasteiger partial charge is 0.134 e. The van der Waals surface area contributed by atoms with E-state index in [1.54, 1.807) is 18.5 Å². The number of halogens is 1. The lowest BCUT2D eigenvalue weighted by molar-refractivity contribution is 0.0496. The van der Waals surface area contributed by atoms with Crippen LogP contribution in [0.5, 0.6) is 5.75 Å². The molecule has 0 radical (unpaired) electrons. The summed E-state index contributed by atoms with van der Waals surface area (Å²) in [5, 5.41) is 10.7. The van der Waals surface area contributed by atoms with Gasteiger partial charge in [-0.05, 0) is 53.8 Å². The summed E-state index contributed by atoms with van der Waals surface area (Å²) in [5.41, 5.74) is 0.476. The van der Waals surface area contributed by atoms with Crippen molar-refractivity contribution in [3.05, 3.63) is 65.9 Å². The molecule has 1 aromatic carbocycles. The zero-order valence-electron chi connectivity index (χ0n) is 13.7. The van der Waals surface area contributed by atoms with E-state index in [4.69, 9.17) is 4.74 Å². The molecule has 1 atom stereocenters. The van der Waals surface area contributed by atoms with Crippen molar-refractivity contribution in [2.24, 2.45) is 5.41 Å². The third kappa shape index (κ3) is 4.63. The molecule has 2 rings (SSSR count). The standard InChI is InChI=1S/C19H22FNO2/c1-4-19(2,3)18(22)17(12-14-6-5-11-21-13-14)23-16-9-7-15(20)8-10-16/h5-13,18,22H,4H2,1-3H3/b17-12+. The number of hydrogen-bond acceptors (Lipinski definition) is 3. The highest BCUT2D eigenvalue weighted by Crippen LogP contribution is 2.31. The van der Waals surface area contributed by atoms with Crippen LogP contribution in [0.3, 0.4) is 0 Å². The fraction of sp³-hybridized carbons (Fsp3) is 0.316. The monoisotopic (exact) mass is 315 g/mol. The topological polar surface area (TPSA) is 42.4 Å². The van der Waals surface area contributed by atoms with E-state index < -0.39 is 6.10 Å². The van der Waals surface area contributed by atoms with Gasteiger partial charge >= 0.3 is 0 Å². The minimum atomic E-state index is -0.794. The second kappa shape index (κ2) is 7.38. The number of rotatable bonds is 6. The van der Waals surface area contributed by atoms with E-state index in [2.05, 4.69) is 4.98 Å². The van der Waals surface area contributed by atoms with Crippen molar-refractivity contribution in [1.82, 2.24) is 4.98 Å². The Morgan fingerprint density at radius 3 is 2.57 bits per heavy atom. The number of nitrogens with zero attached hydrogens (tertiary/aromatic N) is 1. The Labute approximate surface area is 136 Å². The molecular weight excluding hydrogens is 293 g/mol. The van der Waals surface area contributed by atoms with E-state index in [0.717, 1.165) is 12.0 Å². The maximum Gasteiger partial charge on any atom is 0.134 e. The summed E-state index contributed by atoms with van der Waals surface area (Å²) in [6, 6.07) is 9.43. The second-order valence-corrected chi connectivity index (χ2v) is 6.13. The Hall–Kier alpha value is -2.20. The van der Waals surface area contributed by atoms with Crippen molar-refractivity contribution in [3.8, 4) is 5.75 Å². The highest BCUT2D eigenvalue weighted by molar-refractivity contribution is 5.52. The Kier molecular flexibility index (Phi) is 5.50. The highest BCUT2D eigenvalue weighted by atomic mass is 19.1. The first kappa shape index (κ1) is 17.2.